The maximum absolute atomic E-state index is 13.4. The van der Waals surface area contributed by atoms with Gasteiger partial charge in [-0.1, -0.05) is 0 Å². The number of aromatic hydroxyl groups is 1. The van der Waals surface area contributed by atoms with Crippen LogP contribution in [0.1, 0.15) is 28.5 Å². The first-order chi connectivity index (χ1) is 17.1. The van der Waals surface area contributed by atoms with E-state index in [-0.39, 0.29) is 23.9 Å². The minimum absolute atomic E-state index is 0.0112. The van der Waals surface area contributed by atoms with Crippen molar-refractivity contribution < 1.29 is 27.8 Å². The van der Waals surface area contributed by atoms with Crippen LogP contribution in [-0.2, 0) is 6.54 Å². The van der Waals surface area contributed by atoms with E-state index < -0.39 is 25.0 Å². The lowest BCUT2D eigenvalue weighted by Crippen LogP contribution is -2.29. The fourth-order valence-corrected chi connectivity index (χ4v) is 4.07. The van der Waals surface area contributed by atoms with Crippen molar-refractivity contribution in [2.75, 3.05) is 13.7 Å². The molecule has 0 saturated carbocycles. The third-order valence-electron chi connectivity index (χ3n) is 5.65. The molecule has 12 heteroatoms. The molecule has 0 fully saturated rings. The fourth-order valence-electron chi connectivity index (χ4n) is 4.07. The van der Waals surface area contributed by atoms with Gasteiger partial charge in [0, 0.05) is 23.7 Å². The second-order valence-corrected chi connectivity index (χ2v) is 8.38. The number of nitrogens with zero attached hydrogens (tertiary/aromatic N) is 5. The first-order valence-electron chi connectivity index (χ1n) is 11.1. The van der Waals surface area contributed by atoms with E-state index in [1.807, 2.05) is 0 Å². The van der Waals surface area contributed by atoms with Gasteiger partial charge in [0.2, 0.25) is 11.8 Å². The number of alkyl halides is 3. The fraction of sp³-hybridized carbons (Fsp3) is 0.333. The lowest BCUT2D eigenvalue weighted by Gasteiger charge is -2.11. The summed E-state index contributed by atoms with van der Waals surface area (Å²) in [5, 5.41) is 17.9. The Bertz CT molecular complexity index is 1430. The Hall–Kier alpha value is -4.09. The summed E-state index contributed by atoms with van der Waals surface area (Å²) in [6, 6.07) is 3.19. The molecule has 0 aliphatic rings. The molecule has 4 heterocycles. The topological polar surface area (TPSA) is 107 Å². The van der Waals surface area contributed by atoms with Crippen LogP contribution in [0.4, 0.5) is 13.2 Å². The van der Waals surface area contributed by atoms with Crippen LogP contribution in [0.2, 0.25) is 0 Å². The van der Waals surface area contributed by atoms with Gasteiger partial charge in [-0.2, -0.15) is 5.10 Å². The first kappa shape index (κ1) is 25.0. The monoisotopic (exact) mass is 502 g/mol. The molecule has 4 aromatic heterocycles. The van der Waals surface area contributed by atoms with E-state index in [1.165, 1.54) is 37.2 Å². The number of ether oxygens (including phenoxy) is 1. The molecular weight excluding hydrogens is 477 g/mol. The van der Waals surface area contributed by atoms with Gasteiger partial charge in [-0.15, -0.1) is 0 Å². The number of hydrogen-bond donors (Lipinski definition) is 2. The minimum Gasteiger partial charge on any atom is -0.494 e. The van der Waals surface area contributed by atoms with Gasteiger partial charge >= 0.3 is 0 Å². The van der Waals surface area contributed by atoms with Crippen molar-refractivity contribution in [2.45, 2.75) is 39.9 Å². The Kier molecular flexibility index (Phi) is 6.86. The molecule has 0 spiro atoms. The lowest BCUT2D eigenvalue weighted by molar-refractivity contribution is 0.0888. The smallest absolute Gasteiger partial charge is 0.256 e. The first-order valence-corrected chi connectivity index (χ1v) is 11.1. The number of rotatable bonds is 8. The second-order valence-electron chi connectivity index (χ2n) is 8.38. The predicted molar refractivity (Wildman–Crippen MR) is 127 cm³/mol. The standard InChI is InChI=1S/C24H25F3N6O3/c1-12-5-18(15-6-17(23(36-4)29-7-15)22(34)28-9-19(26)27)31-21-14(3)33(24(35)20(12)21)16-8-30-32(11-16)10-13(2)25/h5-8,11,13,19,35H,9-10H2,1-4H3,(H,28,34). The van der Waals surface area contributed by atoms with Crippen molar-refractivity contribution in [3.63, 3.8) is 0 Å². The van der Waals surface area contributed by atoms with Crippen LogP contribution in [-0.4, -0.2) is 61.6 Å². The van der Waals surface area contributed by atoms with Crippen molar-refractivity contribution in [1.82, 2.24) is 29.6 Å². The van der Waals surface area contributed by atoms with E-state index in [0.29, 0.717) is 39.1 Å². The van der Waals surface area contributed by atoms with Crippen LogP contribution in [0.5, 0.6) is 11.8 Å². The summed E-state index contributed by atoms with van der Waals surface area (Å²) in [6.45, 7) is 4.30. The van der Waals surface area contributed by atoms with Crippen molar-refractivity contribution in [2.24, 2.45) is 0 Å². The third kappa shape index (κ3) is 4.70. The molecule has 9 nitrogen and oxygen atoms in total. The van der Waals surface area contributed by atoms with Gasteiger partial charge in [0.25, 0.3) is 12.3 Å². The van der Waals surface area contributed by atoms with E-state index in [1.54, 1.807) is 30.7 Å². The van der Waals surface area contributed by atoms with Gasteiger partial charge < -0.3 is 15.2 Å². The van der Waals surface area contributed by atoms with E-state index in [9.17, 15) is 23.1 Å². The predicted octanol–water partition coefficient (Wildman–Crippen LogP) is 3.97. The number of fused-ring (bicyclic) bond motifs is 1. The average molecular weight is 502 g/mol. The Labute approximate surface area is 204 Å². The quantitative estimate of drug-likeness (QED) is 0.378. The Morgan fingerprint density at radius 2 is 1.97 bits per heavy atom. The number of aromatic nitrogens is 5. The van der Waals surface area contributed by atoms with Gasteiger partial charge in [-0.05, 0) is 38.5 Å². The molecule has 2 N–H and O–H groups in total. The Balaban J connectivity index is 1.79. The van der Waals surface area contributed by atoms with Crippen molar-refractivity contribution >= 4 is 16.8 Å². The zero-order chi connectivity index (χ0) is 26.1. The highest BCUT2D eigenvalue weighted by molar-refractivity contribution is 5.98. The van der Waals surface area contributed by atoms with E-state index >= 15 is 0 Å². The van der Waals surface area contributed by atoms with Gasteiger partial charge in [0.05, 0.1) is 48.7 Å². The van der Waals surface area contributed by atoms with Crippen molar-refractivity contribution in [1.29, 1.82) is 0 Å². The Morgan fingerprint density at radius 1 is 1.22 bits per heavy atom. The summed E-state index contributed by atoms with van der Waals surface area (Å²) in [4.78, 5) is 21.3. The molecule has 190 valence electrons. The van der Waals surface area contributed by atoms with E-state index in [4.69, 9.17) is 9.72 Å². The molecule has 0 radical (unpaired) electrons. The van der Waals surface area contributed by atoms with Gasteiger partial charge in [0.15, 0.2) is 0 Å². The van der Waals surface area contributed by atoms with Crippen molar-refractivity contribution in [3.8, 4) is 28.7 Å². The summed E-state index contributed by atoms with van der Waals surface area (Å²) in [7, 11) is 1.32. The van der Waals surface area contributed by atoms with Crippen LogP contribution in [0, 0.1) is 13.8 Å². The molecule has 1 atom stereocenters. The lowest BCUT2D eigenvalue weighted by atomic mass is 10.1. The number of aryl methyl sites for hydroxylation is 2. The summed E-state index contributed by atoms with van der Waals surface area (Å²) in [5.41, 5.74) is 3.29. The second kappa shape index (κ2) is 9.88. The van der Waals surface area contributed by atoms with Crippen LogP contribution in [0.3, 0.4) is 0 Å². The zero-order valence-electron chi connectivity index (χ0n) is 20.1. The highest BCUT2D eigenvalue weighted by Crippen LogP contribution is 2.37. The molecule has 0 aromatic carbocycles. The highest BCUT2D eigenvalue weighted by Gasteiger charge is 2.22. The summed E-state index contributed by atoms with van der Waals surface area (Å²) in [5.74, 6) is -0.798. The number of methoxy groups -OCH3 is 1. The SMILES string of the molecule is COc1ncc(-c2cc(C)c3c(O)n(-c4cnn(CC(C)F)c4)c(C)c3n2)cc1C(=O)NCC(F)F. The molecule has 4 rings (SSSR count). The molecule has 0 aliphatic carbocycles. The normalized spacial score (nSPS) is 12.3. The van der Waals surface area contributed by atoms with Crippen LogP contribution < -0.4 is 10.1 Å². The van der Waals surface area contributed by atoms with Gasteiger partial charge in [-0.25, -0.2) is 23.1 Å². The number of amides is 1. The molecule has 0 aliphatic heterocycles. The van der Waals surface area contributed by atoms with E-state index in [0.717, 1.165) is 0 Å². The maximum Gasteiger partial charge on any atom is 0.256 e. The number of carbonyl (C=O) groups excluding carboxylic acids is 1. The highest BCUT2D eigenvalue weighted by atomic mass is 19.3. The molecule has 0 bridgehead atoms. The molecule has 0 saturated heterocycles. The van der Waals surface area contributed by atoms with Crippen molar-refractivity contribution in [3.05, 3.63) is 47.5 Å². The molecule has 36 heavy (non-hydrogen) atoms. The van der Waals surface area contributed by atoms with Crippen LogP contribution in [0.15, 0.2) is 30.7 Å². The number of carbonyl (C=O) groups is 1. The van der Waals surface area contributed by atoms with Gasteiger partial charge in [-0.3, -0.25) is 14.0 Å². The van der Waals surface area contributed by atoms with Gasteiger partial charge in [0.1, 0.15) is 11.7 Å². The number of hydrogen-bond acceptors (Lipinski definition) is 6. The molecule has 1 unspecified atom stereocenters. The van der Waals surface area contributed by atoms with Crippen LogP contribution in [0.25, 0.3) is 27.8 Å². The minimum atomic E-state index is -2.70. The summed E-state index contributed by atoms with van der Waals surface area (Å²) >= 11 is 0. The molecule has 1 amide bonds. The van der Waals surface area contributed by atoms with E-state index in [2.05, 4.69) is 15.4 Å². The summed E-state index contributed by atoms with van der Waals surface area (Å²) in [6.07, 6.45) is 0.848. The van der Waals surface area contributed by atoms with Crippen LogP contribution >= 0.6 is 0 Å². The number of halogens is 3. The number of nitrogens with one attached hydrogen (secondary N) is 1. The largest absolute Gasteiger partial charge is 0.494 e. The third-order valence-corrected chi connectivity index (χ3v) is 5.65. The zero-order valence-corrected chi connectivity index (χ0v) is 20.1. The molecular formula is C24H25F3N6O3. The Morgan fingerprint density at radius 3 is 2.64 bits per heavy atom. The average Bonchev–Trinajstić information content (AvgIpc) is 3.38. The maximum atomic E-state index is 13.4. The summed E-state index contributed by atoms with van der Waals surface area (Å²) < 4.78 is 46.7. The number of pyridine rings is 2. The molecule has 4 aromatic rings.